The van der Waals surface area contributed by atoms with E-state index >= 15 is 0 Å². The molecule has 0 fully saturated rings. The molecule has 0 N–H and O–H groups in total. The van der Waals surface area contributed by atoms with Crippen molar-refractivity contribution in [3.63, 3.8) is 0 Å². The molecule has 2 amide bonds. The van der Waals surface area contributed by atoms with E-state index in [4.69, 9.17) is 0 Å². The largest absolute Gasteiger partial charge is 0.548 e. The Labute approximate surface area is 127 Å². The molecule has 0 bridgehead atoms. The third-order valence-corrected chi connectivity index (χ3v) is 3.95. The first kappa shape index (κ1) is 14.3. The summed E-state index contributed by atoms with van der Waals surface area (Å²) in [5.74, 6) is -3.04. The molecular weight excluding hydrogens is 282 g/mol. The van der Waals surface area contributed by atoms with Crippen LogP contribution in [0.3, 0.4) is 0 Å². The molecular formula is C17H14NO4-. The van der Waals surface area contributed by atoms with E-state index in [0.29, 0.717) is 16.5 Å². The monoisotopic (exact) mass is 296 g/mol. The molecule has 5 nitrogen and oxygen atoms in total. The van der Waals surface area contributed by atoms with Gasteiger partial charge in [0.1, 0.15) is 0 Å². The van der Waals surface area contributed by atoms with Gasteiger partial charge in [0.05, 0.1) is 12.0 Å². The second-order valence-corrected chi connectivity index (χ2v) is 5.70. The maximum absolute atomic E-state index is 12.7. The van der Waals surface area contributed by atoms with Crippen LogP contribution in [0.2, 0.25) is 0 Å². The molecule has 0 saturated carbocycles. The number of aliphatic carboxylic acids is 1. The summed E-state index contributed by atoms with van der Waals surface area (Å²) < 4.78 is 0. The molecule has 1 heterocycles. The van der Waals surface area contributed by atoms with Crippen LogP contribution in [0.25, 0.3) is 10.8 Å². The van der Waals surface area contributed by atoms with Crippen molar-refractivity contribution in [1.29, 1.82) is 0 Å². The summed E-state index contributed by atoms with van der Waals surface area (Å²) in [4.78, 5) is 37.6. The Kier molecular flexibility index (Phi) is 3.20. The number of carbonyl (C=O) groups is 3. The fourth-order valence-electron chi connectivity index (χ4n) is 2.98. The van der Waals surface area contributed by atoms with E-state index < -0.39 is 29.7 Å². The number of carbonyl (C=O) groups excluding carboxylic acids is 3. The molecule has 5 heteroatoms. The van der Waals surface area contributed by atoms with E-state index in [9.17, 15) is 19.5 Å². The number of carboxylic acid groups (broad SMARTS) is 1. The Balaban J connectivity index is 2.26. The Hall–Kier alpha value is -2.69. The molecule has 3 rings (SSSR count). The van der Waals surface area contributed by atoms with Crippen LogP contribution in [0, 0.1) is 5.92 Å². The number of nitrogens with zero attached hydrogens (tertiary/aromatic N) is 1. The first-order valence-corrected chi connectivity index (χ1v) is 7.04. The maximum atomic E-state index is 12.7. The number of amides is 2. The number of imide groups is 1. The number of carboxylic acids is 1. The standard InChI is InChI=1S/C17H15NO4/c1-9(2)14(17(21)22)18-15(19)11-7-3-5-10-6-4-8-12(13(10)11)16(18)20/h3-9,14H,1-2H3,(H,21,22)/p-1. The molecule has 1 aliphatic rings. The van der Waals surface area contributed by atoms with Crippen LogP contribution in [0.1, 0.15) is 34.6 Å². The normalized spacial score (nSPS) is 15.5. The third kappa shape index (κ3) is 1.89. The fourth-order valence-corrected chi connectivity index (χ4v) is 2.98. The lowest BCUT2D eigenvalue weighted by Gasteiger charge is -2.36. The van der Waals surface area contributed by atoms with Gasteiger partial charge in [-0.15, -0.1) is 0 Å². The molecule has 2 aromatic rings. The van der Waals surface area contributed by atoms with E-state index in [2.05, 4.69) is 0 Å². The molecule has 0 aliphatic carbocycles. The van der Waals surface area contributed by atoms with Gasteiger partial charge in [-0.25, -0.2) is 0 Å². The van der Waals surface area contributed by atoms with Crippen molar-refractivity contribution in [1.82, 2.24) is 4.90 Å². The Morgan fingerprint density at radius 1 is 1.00 bits per heavy atom. The van der Waals surface area contributed by atoms with Crippen molar-refractivity contribution in [2.24, 2.45) is 5.92 Å². The van der Waals surface area contributed by atoms with Crippen molar-refractivity contribution in [3.8, 4) is 0 Å². The minimum atomic E-state index is -1.43. The third-order valence-electron chi connectivity index (χ3n) is 3.95. The minimum Gasteiger partial charge on any atom is -0.548 e. The predicted octanol–water partition coefficient (Wildman–Crippen LogP) is 1.21. The predicted molar refractivity (Wildman–Crippen MR) is 78.1 cm³/mol. The lowest BCUT2D eigenvalue weighted by Crippen LogP contribution is -2.56. The highest BCUT2D eigenvalue weighted by Gasteiger charge is 2.39. The summed E-state index contributed by atoms with van der Waals surface area (Å²) >= 11 is 0. The molecule has 1 aliphatic heterocycles. The van der Waals surface area contributed by atoms with Gasteiger partial charge >= 0.3 is 0 Å². The zero-order valence-electron chi connectivity index (χ0n) is 12.2. The van der Waals surface area contributed by atoms with E-state index in [0.717, 1.165) is 10.3 Å². The number of benzene rings is 2. The van der Waals surface area contributed by atoms with E-state index in [1.54, 1.807) is 38.1 Å². The second kappa shape index (κ2) is 4.94. The van der Waals surface area contributed by atoms with Crippen molar-refractivity contribution in [2.45, 2.75) is 19.9 Å². The maximum Gasteiger partial charge on any atom is 0.262 e. The van der Waals surface area contributed by atoms with E-state index in [1.165, 1.54) is 0 Å². The molecule has 2 aromatic carbocycles. The van der Waals surface area contributed by atoms with Gasteiger partial charge in [-0.05, 0) is 23.4 Å². The number of hydrogen-bond acceptors (Lipinski definition) is 4. The van der Waals surface area contributed by atoms with Gasteiger partial charge < -0.3 is 9.90 Å². The first-order valence-electron chi connectivity index (χ1n) is 7.04. The molecule has 1 unspecified atom stereocenters. The Morgan fingerprint density at radius 3 is 1.91 bits per heavy atom. The summed E-state index contributed by atoms with van der Waals surface area (Å²) in [5.41, 5.74) is 0.694. The van der Waals surface area contributed by atoms with Gasteiger partial charge in [0.25, 0.3) is 11.8 Å². The highest BCUT2D eigenvalue weighted by molar-refractivity contribution is 6.26. The summed E-state index contributed by atoms with van der Waals surface area (Å²) in [6.45, 7) is 3.28. The molecule has 22 heavy (non-hydrogen) atoms. The minimum absolute atomic E-state index is 0.347. The van der Waals surface area contributed by atoms with Crippen LogP contribution >= 0.6 is 0 Å². The molecule has 0 spiro atoms. The number of hydrogen-bond donors (Lipinski definition) is 0. The molecule has 0 radical (unpaired) electrons. The van der Waals surface area contributed by atoms with Gasteiger partial charge in [0, 0.05) is 16.5 Å². The summed E-state index contributed by atoms with van der Waals surface area (Å²) in [6.07, 6.45) is 0. The van der Waals surface area contributed by atoms with Crippen LogP contribution in [-0.4, -0.2) is 28.7 Å². The summed E-state index contributed by atoms with van der Waals surface area (Å²) in [5, 5.41) is 12.8. The summed E-state index contributed by atoms with van der Waals surface area (Å²) in [6, 6.07) is 9.01. The highest BCUT2D eigenvalue weighted by Crippen LogP contribution is 2.31. The quantitative estimate of drug-likeness (QED) is 0.798. The van der Waals surface area contributed by atoms with Crippen LogP contribution < -0.4 is 5.11 Å². The van der Waals surface area contributed by atoms with Crippen molar-refractivity contribution < 1.29 is 19.5 Å². The molecule has 112 valence electrons. The Bertz CT molecular complexity index is 759. The van der Waals surface area contributed by atoms with E-state index in [1.807, 2.05) is 12.1 Å². The van der Waals surface area contributed by atoms with Gasteiger partial charge in [-0.1, -0.05) is 38.1 Å². The van der Waals surface area contributed by atoms with Crippen molar-refractivity contribution in [3.05, 3.63) is 47.5 Å². The molecule has 0 saturated heterocycles. The lowest BCUT2D eigenvalue weighted by atomic mass is 9.91. The van der Waals surface area contributed by atoms with Crippen LogP contribution in [0.4, 0.5) is 0 Å². The van der Waals surface area contributed by atoms with Crippen molar-refractivity contribution >= 4 is 28.6 Å². The molecule has 1 atom stereocenters. The van der Waals surface area contributed by atoms with Gasteiger partial charge in [-0.2, -0.15) is 0 Å². The van der Waals surface area contributed by atoms with Crippen LogP contribution in [0.15, 0.2) is 36.4 Å². The average molecular weight is 296 g/mol. The average Bonchev–Trinajstić information content (AvgIpc) is 2.48. The second-order valence-electron chi connectivity index (χ2n) is 5.70. The zero-order chi connectivity index (χ0) is 16.0. The van der Waals surface area contributed by atoms with E-state index in [-0.39, 0.29) is 0 Å². The van der Waals surface area contributed by atoms with Gasteiger partial charge in [-0.3, -0.25) is 14.5 Å². The first-order chi connectivity index (χ1) is 10.4. The van der Waals surface area contributed by atoms with Crippen LogP contribution in [-0.2, 0) is 4.79 Å². The highest BCUT2D eigenvalue weighted by atomic mass is 16.4. The summed E-state index contributed by atoms with van der Waals surface area (Å²) in [7, 11) is 0. The smallest absolute Gasteiger partial charge is 0.262 e. The zero-order valence-corrected chi connectivity index (χ0v) is 12.2. The van der Waals surface area contributed by atoms with Crippen molar-refractivity contribution in [2.75, 3.05) is 0 Å². The SMILES string of the molecule is CC(C)C(C(=O)[O-])N1C(=O)c2cccc3cccc(c23)C1=O. The Morgan fingerprint density at radius 2 is 1.50 bits per heavy atom. The topological polar surface area (TPSA) is 77.5 Å². The lowest BCUT2D eigenvalue weighted by molar-refractivity contribution is -0.311. The fraction of sp³-hybridized carbons (Fsp3) is 0.235. The van der Waals surface area contributed by atoms with Gasteiger partial charge in [0.15, 0.2) is 0 Å². The van der Waals surface area contributed by atoms with Gasteiger partial charge in [0.2, 0.25) is 0 Å². The van der Waals surface area contributed by atoms with Crippen LogP contribution in [0.5, 0.6) is 0 Å². The molecule has 0 aromatic heterocycles. The number of rotatable bonds is 3.